The average molecular weight is 217 g/mol. The van der Waals surface area contributed by atoms with E-state index in [4.69, 9.17) is 4.74 Å². The minimum atomic E-state index is 0.139. The second kappa shape index (κ2) is 3.47. The Morgan fingerprint density at radius 2 is 2.25 bits per heavy atom. The van der Waals surface area contributed by atoms with Crippen molar-refractivity contribution in [3.05, 3.63) is 18.0 Å². The summed E-state index contributed by atoms with van der Waals surface area (Å²) in [6.45, 7) is 4.02. The van der Waals surface area contributed by atoms with Crippen LogP contribution in [0.15, 0.2) is 12.3 Å². The first-order valence-electron chi connectivity index (χ1n) is 5.75. The van der Waals surface area contributed by atoms with Crippen molar-refractivity contribution in [3.8, 4) is 5.88 Å². The quantitative estimate of drug-likeness (QED) is 0.859. The SMILES string of the molecule is CC(C)Oc1nccc2[nH]nc(C3CC3)c12. The number of hydrogen-bond acceptors (Lipinski definition) is 3. The molecule has 0 radical (unpaired) electrons. The molecule has 1 fully saturated rings. The van der Waals surface area contributed by atoms with Crippen molar-refractivity contribution in [2.75, 3.05) is 0 Å². The molecule has 0 bridgehead atoms. The summed E-state index contributed by atoms with van der Waals surface area (Å²) in [5.74, 6) is 1.32. The highest BCUT2D eigenvalue weighted by atomic mass is 16.5. The Morgan fingerprint density at radius 1 is 1.44 bits per heavy atom. The lowest BCUT2D eigenvalue weighted by atomic mass is 10.2. The topological polar surface area (TPSA) is 50.8 Å². The first-order chi connectivity index (χ1) is 7.75. The lowest BCUT2D eigenvalue weighted by molar-refractivity contribution is 0.236. The fourth-order valence-corrected chi connectivity index (χ4v) is 1.92. The van der Waals surface area contributed by atoms with Gasteiger partial charge < -0.3 is 4.74 Å². The molecule has 2 aromatic heterocycles. The lowest BCUT2D eigenvalue weighted by Crippen LogP contribution is -2.07. The molecule has 0 saturated heterocycles. The molecule has 0 aliphatic heterocycles. The normalized spacial score (nSPS) is 15.9. The molecular weight excluding hydrogens is 202 g/mol. The van der Waals surface area contributed by atoms with Crippen molar-refractivity contribution in [1.82, 2.24) is 15.2 Å². The van der Waals surface area contributed by atoms with Gasteiger partial charge in [-0.2, -0.15) is 5.10 Å². The molecule has 2 heterocycles. The molecule has 2 aromatic rings. The maximum Gasteiger partial charge on any atom is 0.225 e. The van der Waals surface area contributed by atoms with Crippen LogP contribution in [0.1, 0.15) is 38.3 Å². The number of ether oxygens (including phenoxy) is 1. The number of aromatic amines is 1. The fourth-order valence-electron chi connectivity index (χ4n) is 1.92. The van der Waals surface area contributed by atoms with Crippen molar-refractivity contribution in [3.63, 3.8) is 0 Å². The van der Waals surface area contributed by atoms with E-state index in [0.717, 1.165) is 16.6 Å². The molecule has 4 nitrogen and oxygen atoms in total. The van der Waals surface area contributed by atoms with E-state index in [1.54, 1.807) is 6.20 Å². The number of hydrogen-bond donors (Lipinski definition) is 1. The summed E-state index contributed by atoms with van der Waals surface area (Å²) >= 11 is 0. The molecule has 1 aliphatic rings. The molecule has 0 atom stereocenters. The van der Waals surface area contributed by atoms with Crippen molar-refractivity contribution >= 4 is 10.9 Å². The van der Waals surface area contributed by atoms with Crippen molar-refractivity contribution in [2.45, 2.75) is 38.7 Å². The highest BCUT2D eigenvalue weighted by molar-refractivity contribution is 5.86. The number of fused-ring (bicyclic) bond motifs is 1. The molecule has 1 aliphatic carbocycles. The van der Waals surface area contributed by atoms with Crippen molar-refractivity contribution < 1.29 is 4.74 Å². The van der Waals surface area contributed by atoms with E-state index in [0.29, 0.717) is 11.8 Å². The number of nitrogens with zero attached hydrogens (tertiary/aromatic N) is 2. The summed E-state index contributed by atoms with van der Waals surface area (Å²) in [7, 11) is 0. The van der Waals surface area contributed by atoms with Crippen LogP contribution >= 0.6 is 0 Å². The van der Waals surface area contributed by atoms with Gasteiger partial charge in [0.2, 0.25) is 5.88 Å². The van der Waals surface area contributed by atoms with E-state index in [2.05, 4.69) is 15.2 Å². The average Bonchev–Trinajstić information content (AvgIpc) is 2.98. The van der Waals surface area contributed by atoms with Gasteiger partial charge in [0.25, 0.3) is 0 Å². The smallest absolute Gasteiger partial charge is 0.225 e. The van der Waals surface area contributed by atoms with Crippen LogP contribution < -0.4 is 4.74 Å². The van der Waals surface area contributed by atoms with Gasteiger partial charge >= 0.3 is 0 Å². The predicted octanol–water partition coefficient (Wildman–Crippen LogP) is 2.62. The zero-order valence-corrected chi connectivity index (χ0v) is 9.53. The maximum atomic E-state index is 5.73. The molecule has 84 valence electrons. The minimum Gasteiger partial charge on any atom is -0.474 e. The van der Waals surface area contributed by atoms with E-state index in [-0.39, 0.29) is 6.10 Å². The molecule has 1 saturated carbocycles. The third kappa shape index (κ3) is 1.54. The van der Waals surface area contributed by atoms with E-state index in [1.165, 1.54) is 12.8 Å². The summed E-state index contributed by atoms with van der Waals surface area (Å²) < 4.78 is 5.73. The molecule has 16 heavy (non-hydrogen) atoms. The van der Waals surface area contributed by atoms with Crippen LogP contribution in [-0.2, 0) is 0 Å². The van der Waals surface area contributed by atoms with Gasteiger partial charge in [0, 0.05) is 12.1 Å². The molecule has 0 amide bonds. The van der Waals surface area contributed by atoms with Crippen LogP contribution in [0.25, 0.3) is 10.9 Å². The predicted molar refractivity (Wildman–Crippen MR) is 61.6 cm³/mol. The maximum absolute atomic E-state index is 5.73. The van der Waals surface area contributed by atoms with E-state index >= 15 is 0 Å². The van der Waals surface area contributed by atoms with Gasteiger partial charge in [0.15, 0.2) is 0 Å². The molecular formula is C12H15N3O. The first-order valence-corrected chi connectivity index (χ1v) is 5.75. The number of H-pyrrole nitrogens is 1. The second-order valence-electron chi connectivity index (χ2n) is 4.59. The zero-order chi connectivity index (χ0) is 11.1. The Hall–Kier alpha value is -1.58. The van der Waals surface area contributed by atoms with Gasteiger partial charge in [0.1, 0.15) is 0 Å². The van der Waals surface area contributed by atoms with Gasteiger partial charge in [-0.05, 0) is 32.8 Å². The molecule has 3 rings (SSSR count). The Kier molecular flexibility index (Phi) is 2.09. The van der Waals surface area contributed by atoms with Crippen LogP contribution in [0.5, 0.6) is 5.88 Å². The summed E-state index contributed by atoms with van der Waals surface area (Å²) in [6.07, 6.45) is 4.36. The van der Waals surface area contributed by atoms with E-state index in [9.17, 15) is 0 Å². The summed E-state index contributed by atoms with van der Waals surface area (Å²) in [4.78, 5) is 4.31. The molecule has 0 aromatic carbocycles. The standard InChI is InChI=1S/C12H15N3O/c1-7(2)16-12-10-9(5-6-13-12)14-15-11(10)8-3-4-8/h5-8H,3-4H2,1-2H3,(H,14,15). The van der Waals surface area contributed by atoms with Crippen LogP contribution in [0.4, 0.5) is 0 Å². The lowest BCUT2D eigenvalue weighted by Gasteiger charge is -2.09. The van der Waals surface area contributed by atoms with Crippen molar-refractivity contribution in [1.29, 1.82) is 0 Å². The van der Waals surface area contributed by atoms with Gasteiger partial charge in [-0.1, -0.05) is 0 Å². The molecule has 4 heteroatoms. The molecule has 0 spiro atoms. The highest BCUT2D eigenvalue weighted by Crippen LogP contribution is 2.43. The Morgan fingerprint density at radius 3 is 2.94 bits per heavy atom. The van der Waals surface area contributed by atoms with Gasteiger partial charge in [-0.25, -0.2) is 4.98 Å². The van der Waals surface area contributed by atoms with Gasteiger partial charge in [0.05, 0.1) is 22.7 Å². The largest absolute Gasteiger partial charge is 0.474 e. The van der Waals surface area contributed by atoms with Crippen LogP contribution in [0, 0.1) is 0 Å². The summed E-state index contributed by atoms with van der Waals surface area (Å²) in [5.41, 5.74) is 2.14. The third-order valence-electron chi connectivity index (χ3n) is 2.78. The van der Waals surface area contributed by atoms with E-state index in [1.807, 2.05) is 19.9 Å². The number of pyridine rings is 1. The Balaban J connectivity index is 2.14. The molecule has 0 unspecified atom stereocenters. The number of rotatable bonds is 3. The molecule has 1 N–H and O–H groups in total. The Labute approximate surface area is 94.0 Å². The minimum absolute atomic E-state index is 0.139. The highest BCUT2D eigenvalue weighted by Gasteiger charge is 2.29. The summed E-state index contributed by atoms with van der Waals surface area (Å²) in [5, 5.41) is 8.50. The fraction of sp³-hybridized carbons (Fsp3) is 0.500. The van der Waals surface area contributed by atoms with Gasteiger partial charge in [-0.15, -0.1) is 0 Å². The van der Waals surface area contributed by atoms with Crippen LogP contribution in [0.2, 0.25) is 0 Å². The Bertz CT molecular complexity index is 514. The summed E-state index contributed by atoms with van der Waals surface area (Å²) in [6, 6.07) is 1.95. The van der Waals surface area contributed by atoms with Crippen LogP contribution in [-0.4, -0.2) is 21.3 Å². The monoisotopic (exact) mass is 217 g/mol. The van der Waals surface area contributed by atoms with Gasteiger partial charge in [-0.3, -0.25) is 5.10 Å². The second-order valence-corrected chi connectivity index (χ2v) is 4.59. The number of nitrogens with one attached hydrogen (secondary N) is 1. The van der Waals surface area contributed by atoms with Crippen LogP contribution in [0.3, 0.4) is 0 Å². The van der Waals surface area contributed by atoms with Crippen molar-refractivity contribution in [2.24, 2.45) is 0 Å². The third-order valence-corrected chi connectivity index (χ3v) is 2.78. The van der Waals surface area contributed by atoms with E-state index < -0.39 is 0 Å². The number of aromatic nitrogens is 3. The zero-order valence-electron chi connectivity index (χ0n) is 9.53. The first kappa shape index (κ1) is 9.63.